The average Bonchev–Trinajstić information content (AvgIpc) is 2.69. The first-order chi connectivity index (χ1) is 15.2. The second-order valence-corrected chi connectivity index (χ2v) is 10.4. The number of aromatic nitrogens is 2. The molecular weight excluding hydrogens is 489 g/mol. The lowest BCUT2D eigenvalue weighted by Gasteiger charge is -2.27. The Bertz CT molecular complexity index is 1110. The largest absolute Gasteiger partial charge is 0.443 e. The first kappa shape index (κ1) is 26.8. The maximum absolute atomic E-state index is 12.8. The summed E-state index contributed by atoms with van der Waals surface area (Å²) in [6.45, 7) is 8.76. The average molecular weight is 516 g/mol. The predicted octanol–water partition coefficient (Wildman–Crippen LogP) is 4.85. The fraction of sp³-hybridized carbons (Fsp3) is 0.429. The van der Waals surface area contributed by atoms with E-state index in [0.29, 0.717) is 21.2 Å². The fourth-order valence-electron chi connectivity index (χ4n) is 2.74. The number of amides is 1. The molecule has 33 heavy (non-hydrogen) atoms. The molecule has 9 nitrogen and oxygen atoms in total. The number of nitrogens with zero attached hydrogens (tertiary/aromatic N) is 4. The second-order valence-electron chi connectivity index (χ2n) is 8.52. The minimum atomic E-state index is -0.771. The van der Waals surface area contributed by atoms with Crippen molar-refractivity contribution in [2.24, 2.45) is 17.9 Å². The van der Waals surface area contributed by atoms with Gasteiger partial charge < -0.3 is 15.7 Å². The zero-order valence-corrected chi connectivity index (χ0v) is 21.5. The van der Waals surface area contributed by atoms with E-state index in [1.54, 1.807) is 33.9 Å². The van der Waals surface area contributed by atoms with Crippen molar-refractivity contribution in [3.05, 3.63) is 44.2 Å². The van der Waals surface area contributed by atoms with Gasteiger partial charge in [0, 0.05) is 12.6 Å². The predicted molar refractivity (Wildman–Crippen MR) is 131 cm³/mol. The number of oxime groups is 1. The molecule has 1 aromatic heterocycles. The van der Waals surface area contributed by atoms with Crippen molar-refractivity contribution < 1.29 is 14.7 Å². The molecule has 0 unspecified atom stereocenters. The van der Waals surface area contributed by atoms with Gasteiger partial charge in [-0.3, -0.25) is 9.69 Å². The SMILES string of the molecule is CC(C)c1cc(Sc2c(Cl)cc(N(C/C(N)=N/O)C(=O)OC(C)(C)C)cc2Cl)nn(C)c1=O. The van der Waals surface area contributed by atoms with Crippen molar-refractivity contribution in [1.82, 2.24) is 9.78 Å². The van der Waals surface area contributed by atoms with Crippen LogP contribution in [0.3, 0.4) is 0 Å². The topological polar surface area (TPSA) is 123 Å². The Kier molecular flexibility index (Phi) is 8.67. The van der Waals surface area contributed by atoms with E-state index >= 15 is 0 Å². The van der Waals surface area contributed by atoms with Crippen LogP contribution < -0.4 is 16.2 Å². The van der Waals surface area contributed by atoms with Crippen LogP contribution in [0.2, 0.25) is 10.0 Å². The molecule has 0 radical (unpaired) electrons. The van der Waals surface area contributed by atoms with Gasteiger partial charge in [0.05, 0.1) is 27.2 Å². The summed E-state index contributed by atoms with van der Waals surface area (Å²) in [6.07, 6.45) is -0.720. The van der Waals surface area contributed by atoms with Crippen molar-refractivity contribution in [3.63, 3.8) is 0 Å². The van der Waals surface area contributed by atoms with Crippen molar-refractivity contribution in [1.29, 1.82) is 0 Å². The van der Waals surface area contributed by atoms with Crippen molar-refractivity contribution in [2.45, 2.75) is 56.1 Å². The standard InChI is InChI=1S/C21H27Cl2N5O4S/c1-11(2)13-9-17(25-27(6)19(13)29)33-18-14(22)7-12(8-15(18)23)28(10-16(24)26-31)20(30)32-21(3,4)5/h7-9,11,31H,10H2,1-6H3,(H2,24,26). The molecule has 0 saturated carbocycles. The number of nitrogens with two attached hydrogens (primary N) is 1. The Morgan fingerprint density at radius 2 is 1.88 bits per heavy atom. The van der Waals surface area contributed by atoms with E-state index < -0.39 is 11.7 Å². The summed E-state index contributed by atoms with van der Waals surface area (Å²) >= 11 is 14.2. The highest BCUT2D eigenvalue weighted by molar-refractivity contribution is 7.99. The number of rotatable bonds is 6. The van der Waals surface area contributed by atoms with Gasteiger partial charge in [-0.1, -0.05) is 54.0 Å². The number of halogens is 2. The number of hydrogen-bond acceptors (Lipinski definition) is 7. The van der Waals surface area contributed by atoms with Crippen molar-refractivity contribution in [3.8, 4) is 0 Å². The minimum Gasteiger partial charge on any atom is -0.443 e. The lowest BCUT2D eigenvalue weighted by Crippen LogP contribution is -2.42. The normalized spacial score (nSPS) is 12.2. The Morgan fingerprint density at radius 1 is 1.30 bits per heavy atom. The maximum atomic E-state index is 12.8. The van der Waals surface area contributed by atoms with Crippen LogP contribution in [0.1, 0.15) is 46.1 Å². The summed E-state index contributed by atoms with van der Waals surface area (Å²) in [5, 5.41) is 17.2. The summed E-state index contributed by atoms with van der Waals surface area (Å²) in [4.78, 5) is 26.7. The molecule has 1 amide bonds. The second kappa shape index (κ2) is 10.7. The van der Waals surface area contributed by atoms with Crippen LogP contribution in [0.5, 0.6) is 0 Å². The van der Waals surface area contributed by atoms with Gasteiger partial charge in [0.15, 0.2) is 5.84 Å². The van der Waals surface area contributed by atoms with Gasteiger partial charge in [0.1, 0.15) is 10.6 Å². The number of ether oxygens (including phenoxy) is 1. The number of carbonyl (C=O) groups is 1. The maximum Gasteiger partial charge on any atom is 0.415 e. The van der Waals surface area contributed by atoms with Gasteiger partial charge in [0.25, 0.3) is 5.56 Å². The van der Waals surface area contributed by atoms with Gasteiger partial charge >= 0.3 is 6.09 Å². The fourth-order valence-corrected chi connectivity index (χ4v) is 4.32. The number of aryl methyl sites for hydroxylation is 1. The number of benzene rings is 1. The van der Waals surface area contributed by atoms with Crippen LogP contribution in [0.15, 0.2) is 38.1 Å². The lowest BCUT2D eigenvalue weighted by atomic mass is 10.1. The molecule has 2 rings (SSSR count). The molecule has 0 aliphatic carbocycles. The zero-order chi connectivity index (χ0) is 25.1. The Morgan fingerprint density at radius 3 is 2.36 bits per heavy atom. The third-order valence-electron chi connectivity index (χ3n) is 4.25. The first-order valence-electron chi connectivity index (χ1n) is 9.95. The van der Waals surface area contributed by atoms with Crippen LogP contribution in [-0.2, 0) is 11.8 Å². The van der Waals surface area contributed by atoms with Crippen LogP contribution >= 0.6 is 35.0 Å². The van der Waals surface area contributed by atoms with Crippen molar-refractivity contribution >= 4 is 52.6 Å². The van der Waals surface area contributed by atoms with Crippen LogP contribution in [0.25, 0.3) is 0 Å². The molecule has 0 fully saturated rings. The summed E-state index contributed by atoms with van der Waals surface area (Å²) in [6, 6.07) is 4.76. The highest BCUT2D eigenvalue weighted by atomic mass is 35.5. The number of anilines is 1. The lowest BCUT2D eigenvalue weighted by molar-refractivity contribution is 0.0585. The molecular formula is C21H27Cl2N5O4S. The molecule has 0 aliphatic rings. The number of hydrogen-bond donors (Lipinski definition) is 2. The molecule has 3 N–H and O–H groups in total. The third kappa shape index (κ3) is 7.02. The molecule has 0 aliphatic heterocycles. The van der Waals surface area contributed by atoms with Gasteiger partial charge in [-0.2, -0.15) is 5.10 Å². The van der Waals surface area contributed by atoms with Crippen molar-refractivity contribution in [2.75, 3.05) is 11.4 Å². The smallest absolute Gasteiger partial charge is 0.415 e. The summed E-state index contributed by atoms with van der Waals surface area (Å²) in [5.41, 5.74) is 5.61. The Labute approximate surface area is 206 Å². The summed E-state index contributed by atoms with van der Waals surface area (Å²) in [5.74, 6) is -0.192. The van der Waals surface area contributed by atoms with Gasteiger partial charge in [-0.05, 0) is 44.9 Å². The van der Waals surface area contributed by atoms with E-state index in [1.165, 1.54) is 28.6 Å². The first-order valence-corrected chi connectivity index (χ1v) is 11.5. The van der Waals surface area contributed by atoms with E-state index in [-0.39, 0.29) is 33.9 Å². The van der Waals surface area contributed by atoms with E-state index in [4.69, 9.17) is 38.9 Å². The van der Waals surface area contributed by atoms with E-state index in [1.807, 2.05) is 13.8 Å². The van der Waals surface area contributed by atoms with Gasteiger partial charge in [-0.25, -0.2) is 9.48 Å². The molecule has 0 saturated heterocycles. The summed E-state index contributed by atoms with van der Waals surface area (Å²) in [7, 11) is 1.58. The molecule has 12 heteroatoms. The van der Waals surface area contributed by atoms with E-state index in [9.17, 15) is 9.59 Å². The molecule has 1 aromatic carbocycles. The highest BCUT2D eigenvalue weighted by Gasteiger charge is 2.26. The molecule has 1 heterocycles. The number of amidine groups is 1. The van der Waals surface area contributed by atoms with E-state index in [2.05, 4.69) is 10.3 Å². The summed E-state index contributed by atoms with van der Waals surface area (Å²) < 4.78 is 6.70. The molecule has 0 bridgehead atoms. The molecule has 0 atom stereocenters. The monoisotopic (exact) mass is 515 g/mol. The minimum absolute atomic E-state index is 0.0143. The zero-order valence-electron chi connectivity index (χ0n) is 19.2. The van der Waals surface area contributed by atoms with Gasteiger partial charge in [-0.15, -0.1) is 0 Å². The third-order valence-corrected chi connectivity index (χ3v) is 6.13. The van der Waals surface area contributed by atoms with Gasteiger partial charge in [0.2, 0.25) is 0 Å². The number of carbonyl (C=O) groups excluding carboxylic acids is 1. The van der Waals surface area contributed by atoms with Crippen LogP contribution in [-0.4, -0.2) is 39.1 Å². The molecule has 0 spiro atoms. The van der Waals surface area contributed by atoms with Crippen LogP contribution in [0.4, 0.5) is 10.5 Å². The Balaban J connectivity index is 2.47. The van der Waals surface area contributed by atoms with Crippen LogP contribution in [0, 0.1) is 0 Å². The quantitative estimate of drug-likeness (QED) is 0.244. The molecule has 180 valence electrons. The van der Waals surface area contributed by atoms with E-state index in [0.717, 1.165) is 4.90 Å². The molecule has 2 aromatic rings. The Hall–Kier alpha value is -2.43. The highest BCUT2D eigenvalue weighted by Crippen LogP contribution is 2.41.